The number of anilines is 1. The lowest BCUT2D eigenvalue weighted by molar-refractivity contribution is -0.139. The average Bonchev–Trinajstić information content (AvgIpc) is 2.92. The molecule has 1 aromatic carbocycles. The van der Waals surface area contributed by atoms with Crippen LogP contribution in [0.1, 0.15) is 44.9 Å². The molecule has 142 valence electrons. The summed E-state index contributed by atoms with van der Waals surface area (Å²) >= 11 is 0. The molecule has 3 fully saturated rings. The fourth-order valence-electron chi connectivity index (χ4n) is 5.06. The lowest BCUT2D eigenvalue weighted by Crippen LogP contribution is -2.50. The summed E-state index contributed by atoms with van der Waals surface area (Å²) in [5.74, 6) is -0.989. The van der Waals surface area contributed by atoms with Crippen LogP contribution in [-0.2, 0) is 4.79 Å². The quantitative estimate of drug-likeness (QED) is 0.877. The van der Waals surface area contributed by atoms with Crippen LogP contribution in [-0.4, -0.2) is 47.7 Å². The van der Waals surface area contributed by atoms with Crippen molar-refractivity contribution in [2.45, 2.75) is 57.1 Å². The molecular formula is C20H26F2N2O2. The minimum absolute atomic E-state index is 0.00128. The number of aliphatic hydroxyl groups excluding tert-OH is 1. The summed E-state index contributed by atoms with van der Waals surface area (Å²) in [6, 6.07) is 4.12. The summed E-state index contributed by atoms with van der Waals surface area (Å²) in [6.07, 6.45) is 5.22. The summed E-state index contributed by atoms with van der Waals surface area (Å²) in [7, 11) is 0. The molecule has 1 saturated carbocycles. The van der Waals surface area contributed by atoms with Gasteiger partial charge in [-0.2, -0.15) is 0 Å². The van der Waals surface area contributed by atoms with E-state index in [9.17, 15) is 18.7 Å². The summed E-state index contributed by atoms with van der Waals surface area (Å²) in [5, 5.41) is 9.71. The molecule has 6 heteroatoms. The van der Waals surface area contributed by atoms with E-state index < -0.39 is 17.0 Å². The molecule has 0 bridgehead atoms. The van der Waals surface area contributed by atoms with Gasteiger partial charge in [-0.3, -0.25) is 4.79 Å². The number of benzene rings is 1. The highest BCUT2D eigenvalue weighted by molar-refractivity contribution is 5.86. The number of likely N-dealkylation sites (tertiary alicyclic amines) is 1. The number of carbonyl (C=O) groups is 1. The number of halogens is 2. The number of para-hydroxylation sites is 1. The summed E-state index contributed by atoms with van der Waals surface area (Å²) in [6.45, 7) is 1.67. The molecule has 2 aliphatic heterocycles. The smallest absolute Gasteiger partial charge is 0.230 e. The second kappa shape index (κ2) is 6.80. The monoisotopic (exact) mass is 364 g/mol. The molecule has 0 radical (unpaired) electrons. The molecule has 1 amide bonds. The summed E-state index contributed by atoms with van der Waals surface area (Å²) in [4.78, 5) is 17.0. The molecule has 4 nitrogen and oxygen atoms in total. The normalized spacial score (nSPS) is 32.5. The van der Waals surface area contributed by atoms with E-state index in [0.717, 1.165) is 44.9 Å². The topological polar surface area (TPSA) is 43.8 Å². The van der Waals surface area contributed by atoms with Gasteiger partial charge in [0.25, 0.3) is 0 Å². The summed E-state index contributed by atoms with van der Waals surface area (Å²) in [5.41, 5.74) is -0.526. The van der Waals surface area contributed by atoms with Gasteiger partial charge < -0.3 is 14.9 Å². The lowest BCUT2D eigenvalue weighted by atomic mass is 9.78. The summed E-state index contributed by atoms with van der Waals surface area (Å²) < 4.78 is 28.4. The van der Waals surface area contributed by atoms with Gasteiger partial charge in [-0.05, 0) is 57.1 Å². The van der Waals surface area contributed by atoms with Crippen molar-refractivity contribution in [3.63, 3.8) is 0 Å². The molecule has 2 heterocycles. The number of nitrogens with zero attached hydrogens (tertiary/aromatic N) is 2. The molecule has 0 aromatic heterocycles. The van der Waals surface area contributed by atoms with Gasteiger partial charge in [0.15, 0.2) is 0 Å². The highest BCUT2D eigenvalue weighted by Crippen LogP contribution is 2.44. The minimum atomic E-state index is -0.564. The van der Waals surface area contributed by atoms with Crippen LogP contribution in [0.3, 0.4) is 0 Å². The number of hydrogen-bond acceptors (Lipinski definition) is 3. The van der Waals surface area contributed by atoms with Crippen molar-refractivity contribution in [1.82, 2.24) is 4.90 Å². The highest BCUT2D eigenvalue weighted by Gasteiger charge is 2.51. The van der Waals surface area contributed by atoms with Crippen LogP contribution in [0.5, 0.6) is 0 Å². The Morgan fingerprint density at radius 2 is 1.73 bits per heavy atom. The molecule has 26 heavy (non-hydrogen) atoms. The Morgan fingerprint density at radius 1 is 1.04 bits per heavy atom. The Labute approximate surface area is 152 Å². The third-order valence-electron chi connectivity index (χ3n) is 6.48. The SMILES string of the molecule is O=C1N(C2CCC(O)CC2)CC[C@@]12CCCN(c1c(F)cccc1F)C2. The Morgan fingerprint density at radius 3 is 2.42 bits per heavy atom. The van der Waals surface area contributed by atoms with Gasteiger partial charge in [0.2, 0.25) is 5.91 Å². The standard InChI is InChI=1S/C20H26F2N2O2/c21-16-3-1-4-17(22)18(16)23-11-2-9-20(13-23)10-12-24(19(20)26)14-5-7-15(25)8-6-14/h1,3-4,14-15,25H,2,5-13H2/t14?,15?,20-/m1/s1. The van der Waals surface area contributed by atoms with Crippen LogP contribution in [0.25, 0.3) is 0 Å². The van der Waals surface area contributed by atoms with Crippen LogP contribution < -0.4 is 4.90 Å². The molecule has 4 rings (SSSR count). The van der Waals surface area contributed by atoms with Crippen LogP contribution in [0.2, 0.25) is 0 Å². The van der Waals surface area contributed by atoms with Crippen LogP contribution in [0, 0.1) is 17.0 Å². The zero-order valence-corrected chi connectivity index (χ0v) is 15.0. The fraction of sp³-hybridized carbons (Fsp3) is 0.650. The first-order chi connectivity index (χ1) is 12.5. The molecule has 2 saturated heterocycles. The van der Waals surface area contributed by atoms with E-state index >= 15 is 0 Å². The van der Waals surface area contributed by atoms with Crippen LogP contribution in [0.4, 0.5) is 14.5 Å². The fourth-order valence-corrected chi connectivity index (χ4v) is 5.06. The number of hydrogen-bond donors (Lipinski definition) is 1. The largest absolute Gasteiger partial charge is 0.393 e. The van der Waals surface area contributed by atoms with Gasteiger partial charge in [0, 0.05) is 25.7 Å². The van der Waals surface area contributed by atoms with Gasteiger partial charge in [0.1, 0.15) is 17.3 Å². The van der Waals surface area contributed by atoms with Gasteiger partial charge >= 0.3 is 0 Å². The molecule has 1 N–H and O–H groups in total. The number of rotatable bonds is 2. The molecule has 1 aliphatic carbocycles. The molecule has 1 spiro atoms. The van der Waals surface area contributed by atoms with E-state index in [-0.39, 0.29) is 23.7 Å². The number of carbonyl (C=O) groups excluding carboxylic acids is 1. The maximum Gasteiger partial charge on any atom is 0.230 e. The third kappa shape index (κ3) is 2.98. The van der Waals surface area contributed by atoms with Gasteiger partial charge in [0.05, 0.1) is 11.5 Å². The van der Waals surface area contributed by atoms with Crippen molar-refractivity contribution in [2.75, 3.05) is 24.5 Å². The third-order valence-corrected chi connectivity index (χ3v) is 6.48. The molecule has 1 atom stereocenters. The Kier molecular flexibility index (Phi) is 4.63. The molecule has 1 aromatic rings. The van der Waals surface area contributed by atoms with E-state index in [4.69, 9.17) is 0 Å². The number of aliphatic hydroxyl groups is 1. The second-order valence-corrected chi connectivity index (χ2v) is 8.09. The zero-order chi connectivity index (χ0) is 18.3. The van der Waals surface area contributed by atoms with E-state index in [1.54, 1.807) is 4.90 Å². The predicted octanol–water partition coefficient (Wildman–Crippen LogP) is 3.09. The van der Waals surface area contributed by atoms with Crippen LogP contribution >= 0.6 is 0 Å². The van der Waals surface area contributed by atoms with E-state index in [1.165, 1.54) is 18.2 Å². The Balaban J connectivity index is 1.53. The van der Waals surface area contributed by atoms with E-state index in [1.807, 2.05) is 4.90 Å². The van der Waals surface area contributed by atoms with Crippen molar-refractivity contribution in [2.24, 2.45) is 5.41 Å². The first kappa shape index (κ1) is 17.7. The maximum absolute atomic E-state index is 14.2. The highest BCUT2D eigenvalue weighted by atomic mass is 19.1. The first-order valence-electron chi connectivity index (χ1n) is 9.68. The number of amides is 1. The lowest BCUT2D eigenvalue weighted by Gasteiger charge is -2.41. The predicted molar refractivity (Wildman–Crippen MR) is 94.8 cm³/mol. The van der Waals surface area contributed by atoms with Gasteiger partial charge in [-0.25, -0.2) is 8.78 Å². The van der Waals surface area contributed by atoms with Gasteiger partial charge in [-0.1, -0.05) is 6.07 Å². The minimum Gasteiger partial charge on any atom is -0.393 e. The van der Waals surface area contributed by atoms with Crippen molar-refractivity contribution < 1.29 is 18.7 Å². The van der Waals surface area contributed by atoms with Crippen molar-refractivity contribution in [1.29, 1.82) is 0 Å². The van der Waals surface area contributed by atoms with E-state index in [2.05, 4.69) is 0 Å². The Bertz CT molecular complexity index is 670. The van der Waals surface area contributed by atoms with Gasteiger partial charge in [-0.15, -0.1) is 0 Å². The molecule has 0 unspecified atom stereocenters. The maximum atomic E-state index is 14.2. The average molecular weight is 364 g/mol. The number of piperidine rings is 1. The van der Waals surface area contributed by atoms with Crippen molar-refractivity contribution in [3.8, 4) is 0 Å². The molecule has 3 aliphatic rings. The van der Waals surface area contributed by atoms with Crippen LogP contribution in [0.15, 0.2) is 18.2 Å². The zero-order valence-electron chi connectivity index (χ0n) is 15.0. The van der Waals surface area contributed by atoms with Crippen molar-refractivity contribution in [3.05, 3.63) is 29.8 Å². The first-order valence-corrected chi connectivity index (χ1v) is 9.68. The van der Waals surface area contributed by atoms with Crippen molar-refractivity contribution >= 4 is 11.6 Å². The van der Waals surface area contributed by atoms with E-state index in [0.29, 0.717) is 19.6 Å². The Hall–Kier alpha value is -1.69. The second-order valence-electron chi connectivity index (χ2n) is 8.09. The molecular weight excluding hydrogens is 338 g/mol.